The van der Waals surface area contributed by atoms with Crippen LogP contribution in [0, 0.1) is 5.92 Å². The fraction of sp³-hybridized carbons (Fsp3) is 0.706. The van der Waals surface area contributed by atoms with E-state index in [0.717, 1.165) is 0 Å². The Kier molecular flexibility index (Phi) is 10.8. The Labute approximate surface area is 168 Å². The first-order chi connectivity index (χ1) is 13.3. The summed E-state index contributed by atoms with van der Waals surface area (Å²) in [4.78, 5) is 58.8. The minimum Gasteiger partial charge on any atom is -0.481 e. The predicted octanol–water partition coefficient (Wildman–Crippen LogP) is -2.23. The molecular weight excluding hydrogens is 388 g/mol. The molecule has 0 fully saturated rings. The van der Waals surface area contributed by atoms with Gasteiger partial charge in [0.25, 0.3) is 0 Å². The van der Waals surface area contributed by atoms with Gasteiger partial charge >= 0.3 is 11.9 Å². The minimum absolute atomic E-state index is 0.0624. The van der Waals surface area contributed by atoms with E-state index < -0.39 is 66.4 Å². The maximum Gasteiger partial charge on any atom is 0.325 e. The summed E-state index contributed by atoms with van der Waals surface area (Å²) in [5.74, 6) is -5.42. The maximum atomic E-state index is 12.6. The number of hydrogen-bond acceptors (Lipinski definition) is 7. The van der Waals surface area contributed by atoms with Crippen LogP contribution >= 0.6 is 0 Å². The van der Waals surface area contributed by atoms with Crippen LogP contribution in [0.3, 0.4) is 0 Å². The summed E-state index contributed by atoms with van der Waals surface area (Å²) < 4.78 is 0. The summed E-state index contributed by atoms with van der Waals surface area (Å²) in [6.07, 6.45) is -1.81. The molecule has 5 atom stereocenters. The normalized spacial score (nSPS) is 16.1. The fourth-order valence-electron chi connectivity index (χ4n) is 2.22. The number of aliphatic carboxylic acids is 2. The van der Waals surface area contributed by atoms with Crippen LogP contribution in [0.15, 0.2) is 0 Å². The molecule has 8 N–H and O–H groups in total. The number of carbonyl (C=O) groups excluding carboxylic acids is 3. The van der Waals surface area contributed by atoms with Crippen molar-refractivity contribution in [1.82, 2.24) is 16.0 Å². The van der Waals surface area contributed by atoms with Crippen LogP contribution in [-0.2, 0) is 24.0 Å². The molecule has 0 bridgehead atoms. The number of nitrogens with two attached hydrogens (primary N) is 1. The third kappa shape index (κ3) is 9.85. The number of nitrogens with one attached hydrogen (secondary N) is 3. The van der Waals surface area contributed by atoms with E-state index in [1.54, 1.807) is 13.8 Å². The van der Waals surface area contributed by atoms with Gasteiger partial charge in [0.05, 0.1) is 12.5 Å². The molecule has 166 valence electrons. The van der Waals surface area contributed by atoms with Crippen molar-refractivity contribution in [3.05, 3.63) is 0 Å². The number of aliphatic hydroxyl groups excluding tert-OH is 1. The molecule has 0 heterocycles. The lowest BCUT2D eigenvalue weighted by Crippen LogP contribution is -2.58. The lowest BCUT2D eigenvalue weighted by molar-refractivity contribution is -0.143. The molecule has 0 saturated carbocycles. The molecule has 0 aromatic carbocycles. The Morgan fingerprint density at radius 1 is 0.828 bits per heavy atom. The largest absolute Gasteiger partial charge is 0.481 e. The minimum atomic E-state index is -1.56. The van der Waals surface area contributed by atoms with E-state index in [4.69, 9.17) is 15.9 Å². The Morgan fingerprint density at radius 2 is 1.31 bits per heavy atom. The van der Waals surface area contributed by atoms with Crippen LogP contribution in [-0.4, -0.2) is 75.3 Å². The SMILES string of the molecule is CC(C)CC(NC(=O)C(N)C(C)O)C(=O)NC(CC(=O)O)C(=O)NC(C)C(=O)O. The molecule has 0 aliphatic carbocycles. The van der Waals surface area contributed by atoms with Gasteiger partial charge in [0.2, 0.25) is 17.7 Å². The van der Waals surface area contributed by atoms with Gasteiger partial charge in [0.15, 0.2) is 0 Å². The molecule has 0 aliphatic rings. The van der Waals surface area contributed by atoms with E-state index in [1.807, 2.05) is 0 Å². The molecular formula is C17H30N4O8. The zero-order valence-corrected chi connectivity index (χ0v) is 16.8. The van der Waals surface area contributed by atoms with Crippen molar-refractivity contribution in [3.8, 4) is 0 Å². The second-order valence-electron chi connectivity index (χ2n) is 7.18. The van der Waals surface area contributed by atoms with Gasteiger partial charge in [-0.1, -0.05) is 13.8 Å². The zero-order chi connectivity index (χ0) is 22.9. The van der Waals surface area contributed by atoms with Gasteiger partial charge in [-0.25, -0.2) is 0 Å². The molecule has 0 aliphatic heterocycles. The molecule has 0 radical (unpaired) electrons. The van der Waals surface area contributed by atoms with Gasteiger partial charge < -0.3 is 37.0 Å². The number of amides is 3. The van der Waals surface area contributed by atoms with Crippen molar-refractivity contribution in [3.63, 3.8) is 0 Å². The Morgan fingerprint density at radius 3 is 1.72 bits per heavy atom. The number of rotatable bonds is 12. The number of carboxylic acids is 2. The number of aliphatic hydroxyl groups is 1. The third-order valence-corrected chi connectivity index (χ3v) is 3.90. The van der Waals surface area contributed by atoms with Crippen molar-refractivity contribution >= 4 is 29.7 Å². The van der Waals surface area contributed by atoms with Crippen LogP contribution in [0.25, 0.3) is 0 Å². The zero-order valence-electron chi connectivity index (χ0n) is 16.8. The molecule has 0 spiro atoms. The monoisotopic (exact) mass is 418 g/mol. The topological polar surface area (TPSA) is 208 Å². The smallest absolute Gasteiger partial charge is 0.325 e. The maximum absolute atomic E-state index is 12.6. The van der Waals surface area contributed by atoms with Crippen LogP contribution in [0.5, 0.6) is 0 Å². The van der Waals surface area contributed by atoms with Gasteiger partial charge in [-0.2, -0.15) is 0 Å². The summed E-state index contributed by atoms with van der Waals surface area (Å²) in [5.41, 5.74) is 5.55. The molecule has 3 amide bonds. The van der Waals surface area contributed by atoms with Gasteiger partial charge in [-0.05, 0) is 26.2 Å². The van der Waals surface area contributed by atoms with Crippen LogP contribution < -0.4 is 21.7 Å². The van der Waals surface area contributed by atoms with Gasteiger partial charge in [-0.3, -0.25) is 24.0 Å². The molecule has 29 heavy (non-hydrogen) atoms. The second-order valence-corrected chi connectivity index (χ2v) is 7.18. The first-order valence-corrected chi connectivity index (χ1v) is 9.05. The molecule has 0 rings (SSSR count). The van der Waals surface area contributed by atoms with Crippen LogP contribution in [0.1, 0.15) is 40.5 Å². The Balaban J connectivity index is 5.38. The number of carbonyl (C=O) groups is 5. The van der Waals surface area contributed by atoms with Crippen molar-refractivity contribution in [2.45, 2.75) is 70.8 Å². The molecule has 5 unspecified atom stereocenters. The van der Waals surface area contributed by atoms with Gasteiger partial charge in [0.1, 0.15) is 24.2 Å². The first kappa shape index (κ1) is 26.3. The summed E-state index contributed by atoms with van der Waals surface area (Å²) in [6, 6.07) is -5.29. The van der Waals surface area contributed by atoms with Crippen LogP contribution in [0.4, 0.5) is 0 Å². The van der Waals surface area contributed by atoms with E-state index in [-0.39, 0.29) is 12.3 Å². The van der Waals surface area contributed by atoms with E-state index >= 15 is 0 Å². The Bertz CT molecular complexity index is 623. The predicted molar refractivity (Wildman–Crippen MR) is 100 cm³/mol. The fourth-order valence-corrected chi connectivity index (χ4v) is 2.22. The first-order valence-electron chi connectivity index (χ1n) is 9.05. The highest BCUT2D eigenvalue weighted by Gasteiger charge is 2.31. The van der Waals surface area contributed by atoms with E-state index in [2.05, 4.69) is 16.0 Å². The summed E-state index contributed by atoms with van der Waals surface area (Å²) in [7, 11) is 0. The highest BCUT2D eigenvalue weighted by molar-refractivity contribution is 5.95. The van der Waals surface area contributed by atoms with Crippen LogP contribution in [0.2, 0.25) is 0 Å². The van der Waals surface area contributed by atoms with Crippen molar-refractivity contribution in [2.24, 2.45) is 11.7 Å². The van der Waals surface area contributed by atoms with Crippen molar-refractivity contribution in [1.29, 1.82) is 0 Å². The summed E-state index contributed by atoms with van der Waals surface area (Å²) in [5, 5.41) is 34.0. The summed E-state index contributed by atoms with van der Waals surface area (Å²) >= 11 is 0. The van der Waals surface area contributed by atoms with E-state index in [0.29, 0.717) is 0 Å². The number of hydrogen-bond donors (Lipinski definition) is 7. The molecule has 0 aromatic rings. The van der Waals surface area contributed by atoms with Gasteiger partial charge in [0, 0.05) is 0 Å². The quantitative estimate of drug-likeness (QED) is 0.183. The average Bonchev–Trinajstić information content (AvgIpc) is 2.58. The highest BCUT2D eigenvalue weighted by atomic mass is 16.4. The van der Waals surface area contributed by atoms with Crippen molar-refractivity contribution in [2.75, 3.05) is 0 Å². The van der Waals surface area contributed by atoms with E-state index in [9.17, 15) is 29.1 Å². The molecule has 0 aromatic heterocycles. The van der Waals surface area contributed by atoms with Gasteiger partial charge in [-0.15, -0.1) is 0 Å². The molecule has 0 saturated heterocycles. The standard InChI is InChI=1S/C17H30N4O8/c1-7(2)5-10(21-16(27)13(18)9(4)22)15(26)20-11(6-12(23)24)14(25)19-8(3)17(28)29/h7-11,13,22H,5-6,18H2,1-4H3,(H,19,25)(H,20,26)(H,21,27)(H,23,24)(H,28,29). The summed E-state index contributed by atoms with van der Waals surface area (Å²) in [6.45, 7) is 6.03. The molecule has 12 heteroatoms. The third-order valence-electron chi connectivity index (χ3n) is 3.90. The average molecular weight is 418 g/mol. The Hall–Kier alpha value is -2.73. The number of carboxylic acid groups (broad SMARTS) is 2. The van der Waals surface area contributed by atoms with E-state index in [1.165, 1.54) is 13.8 Å². The highest BCUT2D eigenvalue weighted by Crippen LogP contribution is 2.07. The molecule has 12 nitrogen and oxygen atoms in total. The lowest BCUT2D eigenvalue weighted by atomic mass is 10.0. The second kappa shape index (κ2) is 12.0. The van der Waals surface area contributed by atoms with Crippen molar-refractivity contribution < 1.29 is 39.3 Å². The lowest BCUT2D eigenvalue weighted by Gasteiger charge is -2.25.